The Morgan fingerprint density at radius 2 is 2.00 bits per heavy atom. The zero-order chi connectivity index (χ0) is 10.9. The maximum absolute atomic E-state index is 2.29. The average molecular weight is 221 g/mol. The number of hydrogen-bond acceptors (Lipinski definition) is 1. The Kier molecular flexibility index (Phi) is 6.58. The van der Waals surface area contributed by atoms with Crippen molar-refractivity contribution in [2.75, 3.05) is 0 Å². The van der Waals surface area contributed by atoms with Gasteiger partial charge in [-0.1, -0.05) is 44.9 Å². The van der Waals surface area contributed by atoms with Crippen LogP contribution in [-0.2, 0) is 0 Å². The lowest BCUT2D eigenvalue weighted by atomic mass is 10.1. The minimum atomic E-state index is 0.785. The third kappa shape index (κ3) is 5.27. The van der Waals surface area contributed by atoms with Gasteiger partial charge in [0.25, 0.3) is 0 Å². The van der Waals surface area contributed by atoms with Gasteiger partial charge >= 0.3 is 0 Å². The van der Waals surface area contributed by atoms with Crippen molar-refractivity contribution >= 4 is 11.8 Å². The molecule has 1 aromatic carbocycles. The summed E-state index contributed by atoms with van der Waals surface area (Å²) in [5.74, 6) is 0. The van der Waals surface area contributed by atoms with Gasteiger partial charge < -0.3 is 0 Å². The van der Waals surface area contributed by atoms with Crippen molar-refractivity contribution in [3.05, 3.63) is 36.8 Å². The summed E-state index contributed by atoms with van der Waals surface area (Å²) < 4.78 is 0. The van der Waals surface area contributed by atoms with E-state index in [1.807, 2.05) is 11.8 Å². The van der Waals surface area contributed by atoms with E-state index >= 15 is 0 Å². The van der Waals surface area contributed by atoms with Crippen LogP contribution in [0.1, 0.15) is 39.5 Å². The largest absolute Gasteiger partial charge is 0.123 e. The summed E-state index contributed by atoms with van der Waals surface area (Å²) in [4.78, 5) is 1.41. The van der Waals surface area contributed by atoms with Gasteiger partial charge in [-0.05, 0) is 31.4 Å². The minimum Gasteiger partial charge on any atom is -0.123 e. The normalized spacial score (nSPS) is 12.7. The van der Waals surface area contributed by atoms with Crippen molar-refractivity contribution in [1.29, 1.82) is 0 Å². The van der Waals surface area contributed by atoms with Crippen LogP contribution in [0, 0.1) is 6.42 Å². The predicted octanol–water partition coefficient (Wildman–Crippen LogP) is 4.95. The third-order valence-corrected chi connectivity index (χ3v) is 3.97. The van der Waals surface area contributed by atoms with Crippen LogP contribution in [0.5, 0.6) is 0 Å². The average Bonchev–Trinajstić information content (AvgIpc) is 2.29. The molecule has 0 heterocycles. The van der Waals surface area contributed by atoms with Crippen LogP contribution >= 0.6 is 11.8 Å². The van der Waals surface area contributed by atoms with E-state index in [0.29, 0.717) is 0 Å². The minimum absolute atomic E-state index is 0.785. The summed E-state index contributed by atoms with van der Waals surface area (Å²) in [7, 11) is 0. The molecule has 0 saturated carbocycles. The molecule has 0 aliphatic rings. The van der Waals surface area contributed by atoms with Gasteiger partial charge in [-0.15, -0.1) is 11.8 Å². The van der Waals surface area contributed by atoms with E-state index in [2.05, 4.69) is 50.6 Å². The van der Waals surface area contributed by atoms with Crippen LogP contribution < -0.4 is 0 Å². The quantitative estimate of drug-likeness (QED) is 0.463. The smallest absolute Gasteiger partial charge is 0.00917 e. The summed E-state index contributed by atoms with van der Waals surface area (Å²) in [5.41, 5.74) is 0. The third-order valence-electron chi connectivity index (χ3n) is 2.52. The molecule has 0 saturated heterocycles. The molecule has 1 radical (unpaired) electrons. The molecule has 0 fully saturated rings. The zero-order valence-electron chi connectivity index (χ0n) is 9.78. The molecule has 1 unspecified atom stereocenters. The molecule has 83 valence electrons. The van der Waals surface area contributed by atoms with E-state index in [0.717, 1.165) is 5.25 Å². The fraction of sp³-hybridized carbons (Fsp3) is 0.500. The number of rotatable bonds is 7. The van der Waals surface area contributed by atoms with Crippen LogP contribution in [0.15, 0.2) is 35.2 Å². The van der Waals surface area contributed by atoms with Crippen molar-refractivity contribution in [3.8, 4) is 0 Å². The highest BCUT2D eigenvalue weighted by Crippen LogP contribution is 2.28. The summed E-state index contributed by atoms with van der Waals surface area (Å²) in [6.45, 7) is 4.43. The Morgan fingerprint density at radius 1 is 1.27 bits per heavy atom. The van der Waals surface area contributed by atoms with E-state index in [-0.39, 0.29) is 0 Å². The zero-order valence-corrected chi connectivity index (χ0v) is 10.6. The van der Waals surface area contributed by atoms with Gasteiger partial charge in [0.15, 0.2) is 0 Å². The lowest BCUT2D eigenvalue weighted by Gasteiger charge is -2.13. The molecule has 0 aliphatic heterocycles. The van der Waals surface area contributed by atoms with E-state index in [1.165, 1.54) is 30.6 Å². The van der Waals surface area contributed by atoms with Crippen molar-refractivity contribution in [2.24, 2.45) is 0 Å². The molecule has 0 aliphatic carbocycles. The maximum Gasteiger partial charge on any atom is 0.00917 e. The predicted molar refractivity (Wildman–Crippen MR) is 70.2 cm³/mol. The Balaban J connectivity index is 2.33. The molecule has 0 amide bonds. The van der Waals surface area contributed by atoms with Crippen LogP contribution in [0.25, 0.3) is 0 Å². The van der Waals surface area contributed by atoms with Crippen molar-refractivity contribution in [2.45, 2.75) is 49.7 Å². The van der Waals surface area contributed by atoms with Crippen LogP contribution in [0.2, 0.25) is 0 Å². The van der Waals surface area contributed by atoms with Crippen LogP contribution in [0.4, 0.5) is 0 Å². The first kappa shape index (κ1) is 12.6. The van der Waals surface area contributed by atoms with Gasteiger partial charge in [-0.25, -0.2) is 0 Å². The first-order valence-corrected chi connectivity index (χ1v) is 6.74. The van der Waals surface area contributed by atoms with Crippen molar-refractivity contribution in [1.82, 2.24) is 0 Å². The van der Waals surface area contributed by atoms with Gasteiger partial charge in [-0.3, -0.25) is 0 Å². The Morgan fingerprint density at radius 3 is 2.60 bits per heavy atom. The molecule has 1 aromatic rings. The molecular weight excluding hydrogens is 200 g/mol. The monoisotopic (exact) mass is 221 g/mol. The lowest BCUT2D eigenvalue weighted by molar-refractivity contribution is 0.677. The summed E-state index contributed by atoms with van der Waals surface area (Å²) >= 11 is 2.03. The fourth-order valence-corrected chi connectivity index (χ4v) is 2.74. The SMILES string of the molecule is C[CH]CCCC(CC)Sc1ccccc1. The maximum atomic E-state index is 2.29. The topological polar surface area (TPSA) is 0 Å². The molecule has 1 heteroatoms. The van der Waals surface area contributed by atoms with E-state index < -0.39 is 0 Å². The standard InChI is InChI=1S/C14H21S/c1-3-5-7-10-13(4-2)15-14-11-8-6-9-12-14/h3,6,8-9,11-13H,4-5,7,10H2,1-2H3. The Bertz CT molecular complexity index is 243. The van der Waals surface area contributed by atoms with Gasteiger partial charge in [0.1, 0.15) is 0 Å². The van der Waals surface area contributed by atoms with Gasteiger partial charge in [0.2, 0.25) is 0 Å². The van der Waals surface area contributed by atoms with Gasteiger partial charge in [0.05, 0.1) is 0 Å². The Hall–Kier alpha value is -0.430. The molecular formula is C14H21S. The number of benzene rings is 1. The van der Waals surface area contributed by atoms with E-state index in [9.17, 15) is 0 Å². The van der Waals surface area contributed by atoms with E-state index in [4.69, 9.17) is 0 Å². The van der Waals surface area contributed by atoms with Gasteiger partial charge in [-0.2, -0.15) is 0 Å². The van der Waals surface area contributed by atoms with Crippen molar-refractivity contribution in [3.63, 3.8) is 0 Å². The highest BCUT2D eigenvalue weighted by molar-refractivity contribution is 8.00. The summed E-state index contributed by atoms with van der Waals surface area (Å²) in [6, 6.07) is 10.7. The second kappa shape index (κ2) is 7.81. The van der Waals surface area contributed by atoms with Gasteiger partial charge in [0, 0.05) is 10.1 Å². The molecule has 1 rings (SSSR count). The fourth-order valence-electron chi connectivity index (χ4n) is 1.59. The molecule has 0 N–H and O–H groups in total. The number of thioether (sulfide) groups is 1. The highest BCUT2D eigenvalue weighted by Gasteiger charge is 2.07. The second-order valence-corrected chi connectivity index (χ2v) is 5.17. The molecule has 0 bridgehead atoms. The van der Waals surface area contributed by atoms with Crippen molar-refractivity contribution < 1.29 is 0 Å². The van der Waals surface area contributed by atoms with Crippen LogP contribution in [-0.4, -0.2) is 5.25 Å². The second-order valence-electron chi connectivity index (χ2n) is 3.80. The first-order valence-electron chi connectivity index (χ1n) is 5.86. The lowest BCUT2D eigenvalue weighted by Crippen LogP contribution is -2.00. The molecule has 0 spiro atoms. The molecule has 15 heavy (non-hydrogen) atoms. The molecule has 0 nitrogen and oxygen atoms in total. The van der Waals surface area contributed by atoms with E-state index in [1.54, 1.807) is 0 Å². The molecule has 1 atom stereocenters. The number of hydrogen-bond donors (Lipinski definition) is 0. The summed E-state index contributed by atoms with van der Waals surface area (Å²) in [5, 5.41) is 0.785. The Labute approximate surface area is 98.5 Å². The number of unbranched alkanes of at least 4 members (excludes halogenated alkanes) is 2. The first-order chi connectivity index (χ1) is 7.36. The highest BCUT2D eigenvalue weighted by atomic mass is 32.2. The van der Waals surface area contributed by atoms with Crippen LogP contribution in [0.3, 0.4) is 0 Å². The molecule has 0 aromatic heterocycles. The summed E-state index contributed by atoms with van der Waals surface area (Å²) in [6.07, 6.45) is 7.45.